The zero-order chi connectivity index (χ0) is 14.9. The maximum Gasteiger partial charge on any atom is 0.0611 e. The van der Waals surface area contributed by atoms with Gasteiger partial charge in [-0.25, -0.2) is 0 Å². The van der Waals surface area contributed by atoms with Crippen molar-refractivity contribution in [3.8, 4) is 0 Å². The van der Waals surface area contributed by atoms with Gasteiger partial charge in [0.1, 0.15) is 0 Å². The van der Waals surface area contributed by atoms with E-state index in [9.17, 15) is 5.11 Å². The third-order valence-corrected chi connectivity index (χ3v) is 3.42. The van der Waals surface area contributed by atoms with Crippen LogP contribution in [0.15, 0.2) is 0 Å². The summed E-state index contributed by atoms with van der Waals surface area (Å²) in [6.45, 7) is 14.2. The van der Waals surface area contributed by atoms with E-state index < -0.39 is 0 Å². The summed E-state index contributed by atoms with van der Waals surface area (Å²) in [7, 11) is 4.23. The maximum absolute atomic E-state index is 9.54. The summed E-state index contributed by atoms with van der Waals surface area (Å²) in [5.41, 5.74) is -0.151. The fraction of sp³-hybridized carbons (Fsp3) is 1.00. The van der Waals surface area contributed by atoms with E-state index >= 15 is 0 Å². The van der Waals surface area contributed by atoms with E-state index in [1.807, 2.05) is 0 Å². The Kier molecular flexibility index (Phi) is 9.62. The van der Waals surface area contributed by atoms with Gasteiger partial charge in [-0.2, -0.15) is 0 Å². The van der Waals surface area contributed by atoms with Crippen LogP contribution >= 0.6 is 0 Å². The smallest absolute Gasteiger partial charge is 0.0611 e. The molecule has 116 valence electrons. The van der Waals surface area contributed by atoms with Crippen LogP contribution in [0.5, 0.6) is 0 Å². The van der Waals surface area contributed by atoms with Crippen LogP contribution in [0, 0.1) is 5.92 Å². The molecular weight excluding hydrogens is 238 g/mol. The monoisotopic (exact) mass is 273 g/mol. The number of nitrogens with one attached hydrogen (secondary N) is 1. The fourth-order valence-electron chi connectivity index (χ4n) is 2.21. The Balaban J connectivity index is 4.29. The Morgan fingerprint density at radius 1 is 1.16 bits per heavy atom. The van der Waals surface area contributed by atoms with Gasteiger partial charge in [-0.15, -0.1) is 0 Å². The third kappa shape index (κ3) is 9.38. The standard InChI is InChI=1S/C15H35N3O/c1-7-16-15(4,13-19)8-9-18(12-14(2)3)11-10-17(5)6/h14,16,19H,7-13H2,1-6H3. The first-order chi connectivity index (χ1) is 8.83. The molecule has 2 N–H and O–H groups in total. The molecule has 1 unspecified atom stereocenters. The molecule has 4 nitrogen and oxygen atoms in total. The Morgan fingerprint density at radius 2 is 1.79 bits per heavy atom. The van der Waals surface area contributed by atoms with Gasteiger partial charge in [-0.05, 0) is 39.9 Å². The number of rotatable bonds is 11. The topological polar surface area (TPSA) is 38.7 Å². The Labute approximate surface area is 120 Å². The molecule has 1 atom stereocenters. The van der Waals surface area contributed by atoms with Gasteiger partial charge in [-0.1, -0.05) is 20.8 Å². The lowest BCUT2D eigenvalue weighted by molar-refractivity contribution is 0.138. The van der Waals surface area contributed by atoms with Gasteiger partial charge in [0.05, 0.1) is 6.61 Å². The summed E-state index contributed by atoms with van der Waals surface area (Å²) in [5, 5.41) is 12.9. The number of aliphatic hydroxyl groups is 1. The summed E-state index contributed by atoms with van der Waals surface area (Å²) >= 11 is 0. The van der Waals surface area contributed by atoms with Gasteiger partial charge in [0.15, 0.2) is 0 Å². The molecule has 0 aromatic rings. The van der Waals surface area contributed by atoms with E-state index in [0.29, 0.717) is 5.92 Å². The van der Waals surface area contributed by atoms with Crippen molar-refractivity contribution < 1.29 is 5.11 Å². The fourth-order valence-corrected chi connectivity index (χ4v) is 2.21. The van der Waals surface area contributed by atoms with Crippen LogP contribution in [0.2, 0.25) is 0 Å². The first-order valence-corrected chi connectivity index (χ1v) is 7.56. The SMILES string of the molecule is CCNC(C)(CO)CCN(CCN(C)C)CC(C)C. The van der Waals surface area contributed by atoms with Gasteiger partial charge in [-0.3, -0.25) is 0 Å². The molecular formula is C15H35N3O. The van der Waals surface area contributed by atoms with Crippen molar-refractivity contribution in [2.24, 2.45) is 5.92 Å². The molecule has 4 heteroatoms. The van der Waals surface area contributed by atoms with Gasteiger partial charge in [0.2, 0.25) is 0 Å². The van der Waals surface area contributed by atoms with Gasteiger partial charge in [0, 0.05) is 31.7 Å². The van der Waals surface area contributed by atoms with Crippen LogP contribution in [-0.4, -0.2) is 73.9 Å². The average molecular weight is 273 g/mol. The van der Waals surface area contributed by atoms with E-state index in [-0.39, 0.29) is 12.1 Å². The highest BCUT2D eigenvalue weighted by Crippen LogP contribution is 2.11. The van der Waals surface area contributed by atoms with E-state index in [4.69, 9.17) is 0 Å². The lowest BCUT2D eigenvalue weighted by Gasteiger charge is -2.33. The summed E-state index contributed by atoms with van der Waals surface area (Å²) in [6, 6.07) is 0. The van der Waals surface area contributed by atoms with Crippen molar-refractivity contribution in [3.63, 3.8) is 0 Å². The average Bonchev–Trinajstić information content (AvgIpc) is 2.32. The first-order valence-electron chi connectivity index (χ1n) is 7.56. The molecule has 0 spiro atoms. The largest absolute Gasteiger partial charge is 0.394 e. The quantitative estimate of drug-likeness (QED) is 0.594. The molecule has 0 saturated carbocycles. The van der Waals surface area contributed by atoms with E-state index in [0.717, 1.165) is 39.1 Å². The highest BCUT2D eigenvalue weighted by molar-refractivity contribution is 4.83. The molecule has 19 heavy (non-hydrogen) atoms. The molecule has 0 rings (SSSR count). The second kappa shape index (κ2) is 9.70. The van der Waals surface area contributed by atoms with Crippen LogP contribution < -0.4 is 5.32 Å². The predicted octanol–water partition coefficient (Wildman–Crippen LogP) is 1.26. The summed E-state index contributed by atoms with van der Waals surface area (Å²) in [6.07, 6.45) is 0.984. The molecule has 0 aromatic carbocycles. The minimum Gasteiger partial charge on any atom is -0.394 e. The van der Waals surface area contributed by atoms with Gasteiger partial charge < -0.3 is 20.2 Å². The molecule has 0 fully saturated rings. The van der Waals surface area contributed by atoms with Crippen LogP contribution in [0.1, 0.15) is 34.1 Å². The number of likely N-dealkylation sites (N-methyl/N-ethyl adjacent to an activating group) is 2. The summed E-state index contributed by atoms with van der Waals surface area (Å²) < 4.78 is 0. The van der Waals surface area contributed by atoms with Crippen molar-refractivity contribution in [1.29, 1.82) is 0 Å². The van der Waals surface area contributed by atoms with Crippen molar-refractivity contribution >= 4 is 0 Å². The van der Waals surface area contributed by atoms with Crippen molar-refractivity contribution in [2.75, 3.05) is 53.4 Å². The Hall–Kier alpha value is -0.160. The number of aliphatic hydroxyl groups excluding tert-OH is 1. The second-order valence-electron chi connectivity index (χ2n) is 6.50. The molecule has 0 aliphatic carbocycles. The molecule has 0 heterocycles. The Bertz CT molecular complexity index is 221. The van der Waals surface area contributed by atoms with E-state index in [1.54, 1.807) is 0 Å². The number of hydrogen-bond donors (Lipinski definition) is 2. The lowest BCUT2D eigenvalue weighted by Crippen LogP contribution is -2.48. The first kappa shape index (κ1) is 18.8. The molecule has 0 aliphatic rings. The molecule has 0 saturated heterocycles. The van der Waals surface area contributed by atoms with Crippen molar-refractivity contribution in [2.45, 2.75) is 39.7 Å². The number of hydrogen-bond acceptors (Lipinski definition) is 4. The zero-order valence-electron chi connectivity index (χ0n) is 13.9. The molecule has 0 radical (unpaired) electrons. The third-order valence-electron chi connectivity index (χ3n) is 3.42. The van der Waals surface area contributed by atoms with Crippen LogP contribution in [0.3, 0.4) is 0 Å². The summed E-state index contributed by atoms with van der Waals surface area (Å²) in [4.78, 5) is 4.73. The molecule has 0 amide bonds. The Morgan fingerprint density at radius 3 is 2.21 bits per heavy atom. The van der Waals surface area contributed by atoms with Crippen LogP contribution in [0.25, 0.3) is 0 Å². The highest BCUT2D eigenvalue weighted by Gasteiger charge is 2.22. The maximum atomic E-state index is 9.54. The molecule has 0 aromatic heterocycles. The van der Waals surface area contributed by atoms with E-state index in [2.05, 4.69) is 56.9 Å². The van der Waals surface area contributed by atoms with Crippen molar-refractivity contribution in [3.05, 3.63) is 0 Å². The number of nitrogens with zero attached hydrogens (tertiary/aromatic N) is 2. The van der Waals surface area contributed by atoms with Crippen LogP contribution in [0.4, 0.5) is 0 Å². The minimum absolute atomic E-state index is 0.151. The van der Waals surface area contributed by atoms with Crippen LogP contribution in [-0.2, 0) is 0 Å². The normalized spacial score (nSPS) is 15.5. The van der Waals surface area contributed by atoms with Crippen molar-refractivity contribution in [1.82, 2.24) is 15.1 Å². The highest BCUT2D eigenvalue weighted by atomic mass is 16.3. The lowest BCUT2D eigenvalue weighted by atomic mass is 9.98. The summed E-state index contributed by atoms with van der Waals surface area (Å²) in [5.74, 6) is 0.682. The van der Waals surface area contributed by atoms with E-state index in [1.165, 1.54) is 0 Å². The molecule has 0 aliphatic heterocycles. The second-order valence-corrected chi connectivity index (χ2v) is 6.50. The zero-order valence-corrected chi connectivity index (χ0v) is 13.9. The molecule has 0 bridgehead atoms. The minimum atomic E-state index is -0.151. The van der Waals surface area contributed by atoms with Gasteiger partial charge in [0.25, 0.3) is 0 Å². The predicted molar refractivity (Wildman–Crippen MR) is 83.6 cm³/mol. The van der Waals surface area contributed by atoms with Gasteiger partial charge >= 0.3 is 0 Å².